The first-order valence-corrected chi connectivity index (χ1v) is 6.16. The minimum absolute atomic E-state index is 0.417. The highest BCUT2D eigenvalue weighted by molar-refractivity contribution is 7.99. The first-order chi connectivity index (χ1) is 6.46. The van der Waals surface area contributed by atoms with Gasteiger partial charge in [0.05, 0.1) is 0 Å². The molecular weight excluding hydrogens is 198 g/mol. The van der Waals surface area contributed by atoms with Crippen LogP contribution in [0.15, 0.2) is 0 Å². The van der Waals surface area contributed by atoms with Crippen molar-refractivity contribution in [3.63, 3.8) is 0 Å². The lowest BCUT2D eigenvalue weighted by molar-refractivity contribution is -0.149. The number of nitrogens with zero attached hydrogens (tertiary/aromatic N) is 1. The number of thioether (sulfide) groups is 1. The minimum Gasteiger partial charge on any atom is -0.480 e. The van der Waals surface area contributed by atoms with Crippen molar-refractivity contribution in [2.75, 3.05) is 18.6 Å². The summed E-state index contributed by atoms with van der Waals surface area (Å²) in [6.07, 6.45) is 2.33. The van der Waals surface area contributed by atoms with Gasteiger partial charge in [-0.1, -0.05) is 0 Å². The number of hydrogen-bond acceptors (Lipinski definition) is 3. The molecule has 3 nitrogen and oxygen atoms in total. The molecular formula is C10H19NO2S. The minimum atomic E-state index is -0.747. The normalized spacial score (nSPS) is 23.9. The van der Waals surface area contributed by atoms with Crippen molar-refractivity contribution >= 4 is 17.7 Å². The Morgan fingerprint density at radius 3 is 2.64 bits per heavy atom. The molecule has 1 N–H and O–H groups in total. The number of carbonyl (C=O) groups is 1. The molecule has 0 aromatic heterocycles. The molecule has 0 aromatic carbocycles. The first-order valence-electron chi connectivity index (χ1n) is 5.00. The SMILES string of the molecule is CN(C1CCCSC1)C(C)(C)C(=O)O. The lowest BCUT2D eigenvalue weighted by Gasteiger charge is -2.39. The van der Waals surface area contributed by atoms with Crippen molar-refractivity contribution < 1.29 is 9.90 Å². The van der Waals surface area contributed by atoms with Crippen LogP contribution in [0, 0.1) is 0 Å². The molecule has 14 heavy (non-hydrogen) atoms. The molecule has 1 rings (SSSR count). The van der Waals surface area contributed by atoms with Gasteiger partial charge in [-0.3, -0.25) is 9.69 Å². The Balaban J connectivity index is 2.62. The Kier molecular flexibility index (Phi) is 3.84. The number of hydrogen-bond donors (Lipinski definition) is 1. The lowest BCUT2D eigenvalue weighted by atomic mass is 10.00. The van der Waals surface area contributed by atoms with Gasteiger partial charge in [0, 0.05) is 11.8 Å². The highest BCUT2D eigenvalue weighted by Crippen LogP contribution is 2.25. The zero-order valence-corrected chi connectivity index (χ0v) is 9.93. The molecule has 1 aliphatic rings. The molecule has 0 radical (unpaired) electrons. The second-order valence-corrected chi connectivity index (χ2v) is 5.50. The standard InChI is InChI=1S/C10H19NO2S/c1-10(2,9(12)13)11(3)8-5-4-6-14-7-8/h8H,4-7H2,1-3H3,(H,12,13). The number of aliphatic carboxylic acids is 1. The zero-order chi connectivity index (χ0) is 10.8. The van der Waals surface area contributed by atoms with Crippen LogP contribution in [0.4, 0.5) is 0 Å². The van der Waals surface area contributed by atoms with Crippen molar-refractivity contribution in [3.05, 3.63) is 0 Å². The van der Waals surface area contributed by atoms with E-state index in [0.717, 1.165) is 12.2 Å². The molecule has 0 amide bonds. The van der Waals surface area contributed by atoms with Crippen LogP contribution in [-0.4, -0.2) is 46.1 Å². The van der Waals surface area contributed by atoms with Crippen molar-refractivity contribution in [1.29, 1.82) is 0 Å². The molecule has 1 heterocycles. The molecule has 0 saturated carbocycles. The summed E-state index contributed by atoms with van der Waals surface area (Å²) in [5.41, 5.74) is -0.747. The summed E-state index contributed by atoms with van der Waals surface area (Å²) < 4.78 is 0. The molecule has 1 atom stereocenters. The van der Waals surface area contributed by atoms with Crippen molar-refractivity contribution in [2.24, 2.45) is 0 Å². The van der Waals surface area contributed by atoms with Crippen molar-refractivity contribution in [2.45, 2.75) is 38.3 Å². The zero-order valence-electron chi connectivity index (χ0n) is 9.12. The van der Waals surface area contributed by atoms with Crippen LogP contribution in [0.2, 0.25) is 0 Å². The summed E-state index contributed by atoms with van der Waals surface area (Å²) >= 11 is 1.92. The number of likely N-dealkylation sites (N-methyl/N-ethyl adjacent to an activating group) is 1. The second kappa shape index (κ2) is 4.53. The van der Waals surface area contributed by atoms with Crippen LogP contribution in [0.3, 0.4) is 0 Å². The Hall–Kier alpha value is -0.220. The maximum atomic E-state index is 11.1. The fourth-order valence-electron chi connectivity index (χ4n) is 1.64. The molecule has 1 unspecified atom stereocenters. The fourth-order valence-corrected chi connectivity index (χ4v) is 2.84. The van der Waals surface area contributed by atoms with Gasteiger partial charge in [0.15, 0.2) is 0 Å². The molecule has 0 aromatic rings. The van der Waals surface area contributed by atoms with Gasteiger partial charge >= 0.3 is 5.97 Å². The van der Waals surface area contributed by atoms with E-state index in [9.17, 15) is 4.79 Å². The average molecular weight is 217 g/mol. The summed E-state index contributed by atoms with van der Waals surface area (Å²) in [7, 11) is 1.92. The Labute approximate surface area is 89.9 Å². The quantitative estimate of drug-likeness (QED) is 0.781. The van der Waals surface area contributed by atoms with Gasteiger partial charge in [-0.2, -0.15) is 11.8 Å². The third-order valence-electron chi connectivity index (χ3n) is 3.09. The lowest BCUT2D eigenvalue weighted by Crippen LogP contribution is -2.53. The third-order valence-corrected chi connectivity index (χ3v) is 4.29. The van der Waals surface area contributed by atoms with Crippen LogP contribution in [0.5, 0.6) is 0 Å². The predicted octanol–water partition coefficient (Wildman–Crippen LogP) is 1.68. The highest BCUT2D eigenvalue weighted by Gasteiger charge is 2.36. The van der Waals surface area contributed by atoms with E-state index in [1.165, 1.54) is 12.2 Å². The monoisotopic (exact) mass is 217 g/mol. The van der Waals surface area contributed by atoms with E-state index in [4.69, 9.17) is 5.11 Å². The summed E-state index contributed by atoms with van der Waals surface area (Å²) in [5.74, 6) is 1.54. The van der Waals surface area contributed by atoms with E-state index in [-0.39, 0.29) is 0 Å². The van der Waals surface area contributed by atoms with Crippen LogP contribution in [0.25, 0.3) is 0 Å². The van der Waals surface area contributed by atoms with Gasteiger partial charge < -0.3 is 5.11 Å². The first kappa shape index (κ1) is 11.9. The molecule has 1 fully saturated rings. The number of rotatable bonds is 3. The molecule has 0 bridgehead atoms. The molecule has 0 aliphatic carbocycles. The maximum absolute atomic E-state index is 11.1. The van der Waals surface area contributed by atoms with E-state index < -0.39 is 11.5 Å². The summed E-state index contributed by atoms with van der Waals surface area (Å²) in [6.45, 7) is 3.54. The van der Waals surface area contributed by atoms with Gasteiger partial charge in [-0.15, -0.1) is 0 Å². The van der Waals surface area contributed by atoms with E-state index >= 15 is 0 Å². The van der Waals surface area contributed by atoms with Crippen LogP contribution < -0.4 is 0 Å². The van der Waals surface area contributed by atoms with E-state index in [0.29, 0.717) is 6.04 Å². The van der Waals surface area contributed by atoms with E-state index in [1.807, 2.05) is 23.7 Å². The Morgan fingerprint density at radius 1 is 1.57 bits per heavy atom. The highest BCUT2D eigenvalue weighted by atomic mass is 32.2. The average Bonchev–Trinajstić information content (AvgIpc) is 2.17. The van der Waals surface area contributed by atoms with Gasteiger partial charge in [0.25, 0.3) is 0 Å². The van der Waals surface area contributed by atoms with Crippen molar-refractivity contribution in [1.82, 2.24) is 4.90 Å². The molecule has 4 heteroatoms. The van der Waals surface area contributed by atoms with E-state index in [2.05, 4.69) is 0 Å². The van der Waals surface area contributed by atoms with Gasteiger partial charge in [0.1, 0.15) is 5.54 Å². The summed E-state index contributed by atoms with van der Waals surface area (Å²) in [4.78, 5) is 13.1. The van der Waals surface area contributed by atoms with Crippen molar-refractivity contribution in [3.8, 4) is 0 Å². The smallest absolute Gasteiger partial charge is 0.323 e. The maximum Gasteiger partial charge on any atom is 0.323 e. The topological polar surface area (TPSA) is 40.5 Å². The largest absolute Gasteiger partial charge is 0.480 e. The fraction of sp³-hybridized carbons (Fsp3) is 0.900. The molecule has 1 aliphatic heterocycles. The van der Waals surface area contributed by atoms with Gasteiger partial charge in [-0.05, 0) is 39.5 Å². The Morgan fingerprint density at radius 2 is 2.21 bits per heavy atom. The molecule has 0 spiro atoms. The third kappa shape index (κ3) is 2.42. The molecule has 82 valence electrons. The van der Waals surface area contributed by atoms with Crippen LogP contribution in [-0.2, 0) is 4.79 Å². The number of carboxylic acids is 1. The Bertz CT molecular complexity index is 212. The van der Waals surface area contributed by atoms with E-state index in [1.54, 1.807) is 13.8 Å². The van der Waals surface area contributed by atoms with Crippen LogP contribution >= 0.6 is 11.8 Å². The van der Waals surface area contributed by atoms with Gasteiger partial charge in [0.2, 0.25) is 0 Å². The second-order valence-electron chi connectivity index (χ2n) is 4.35. The predicted molar refractivity (Wildman–Crippen MR) is 59.8 cm³/mol. The van der Waals surface area contributed by atoms with Crippen LogP contribution in [0.1, 0.15) is 26.7 Å². The summed E-state index contributed by atoms with van der Waals surface area (Å²) in [6, 6.07) is 0.417. The number of carboxylic acid groups (broad SMARTS) is 1. The molecule has 1 saturated heterocycles. The summed E-state index contributed by atoms with van der Waals surface area (Å²) in [5, 5.41) is 9.09. The van der Waals surface area contributed by atoms with Gasteiger partial charge in [-0.25, -0.2) is 0 Å².